The van der Waals surface area contributed by atoms with Crippen LogP contribution in [-0.2, 0) is 4.65 Å². The molecular weight excluding hydrogens is 106 g/mol. The summed E-state index contributed by atoms with van der Waals surface area (Å²) in [5.41, 5.74) is 0. The van der Waals surface area contributed by atoms with Crippen LogP contribution in [0.5, 0.6) is 0 Å². The van der Waals surface area contributed by atoms with E-state index < -0.39 is 7.32 Å². The van der Waals surface area contributed by atoms with Gasteiger partial charge in [-0.2, -0.15) is 0 Å². The second-order valence-electron chi connectivity index (χ2n) is 0.629. The number of hydrogen-bond donors (Lipinski definition) is 2. The van der Waals surface area contributed by atoms with Gasteiger partial charge in [-0.15, -0.1) is 0 Å². The molecule has 0 bridgehead atoms. The topological polar surface area (TPSA) is 49.7 Å². The molecule has 0 spiro atoms. The van der Waals surface area contributed by atoms with Gasteiger partial charge in [0.25, 0.3) is 0 Å². The van der Waals surface area contributed by atoms with Crippen molar-refractivity contribution in [1.29, 1.82) is 0 Å². The molecule has 36 valence electrons. The first kappa shape index (κ1) is 10.5. The van der Waals surface area contributed by atoms with Crippen molar-refractivity contribution in [1.82, 2.24) is 0 Å². The van der Waals surface area contributed by atoms with Crippen molar-refractivity contribution in [3.63, 3.8) is 0 Å². The van der Waals surface area contributed by atoms with Gasteiger partial charge in [-0.25, -0.2) is 0 Å². The summed E-state index contributed by atoms with van der Waals surface area (Å²) in [7, 11) is -1.72. The Labute approximate surface area is 64.5 Å². The molecule has 0 aliphatic heterocycles. The first-order valence-electron chi connectivity index (χ1n) is 1.40. The van der Waals surface area contributed by atoms with E-state index in [4.69, 9.17) is 10.0 Å². The fraction of sp³-hybridized carbons (Fsp3) is 0. The van der Waals surface area contributed by atoms with E-state index in [1.807, 2.05) is 0 Å². The first-order chi connectivity index (χ1) is 2.77. The molecule has 0 atom stereocenters. The van der Waals surface area contributed by atoms with E-state index in [1.165, 1.54) is 0 Å². The van der Waals surface area contributed by atoms with Crippen molar-refractivity contribution in [3.8, 4) is 0 Å². The molecule has 2 N–H and O–H groups in total. The van der Waals surface area contributed by atoms with Gasteiger partial charge in [-0.05, 0) is 0 Å². The Morgan fingerprint density at radius 1 is 1.57 bits per heavy atom. The van der Waals surface area contributed by atoms with Gasteiger partial charge in [-0.3, -0.25) is 0 Å². The van der Waals surface area contributed by atoms with Crippen molar-refractivity contribution >= 4 is 36.9 Å². The van der Waals surface area contributed by atoms with Gasteiger partial charge in [0.1, 0.15) is 0 Å². The monoisotopic (exact) mass is 112 g/mol. The Morgan fingerprint density at radius 2 is 2.00 bits per heavy atom. The molecule has 0 aromatic rings. The van der Waals surface area contributed by atoms with Gasteiger partial charge in [0.05, 0.1) is 6.26 Å². The zero-order chi connectivity index (χ0) is 4.99. The Hall–Kier alpha value is 0.525. The van der Waals surface area contributed by atoms with E-state index in [2.05, 4.69) is 11.2 Å². The van der Waals surface area contributed by atoms with Crippen molar-refractivity contribution in [2.45, 2.75) is 0 Å². The zero-order valence-corrected chi connectivity index (χ0v) is 3.16. The van der Waals surface area contributed by atoms with E-state index in [1.54, 1.807) is 0 Å². The van der Waals surface area contributed by atoms with Gasteiger partial charge in [-0.1, -0.05) is 6.58 Å². The Bertz CT molecular complexity index is 48.2. The molecule has 5 heteroatoms. The van der Waals surface area contributed by atoms with Crippen LogP contribution < -0.4 is 0 Å². The van der Waals surface area contributed by atoms with Crippen molar-refractivity contribution in [3.05, 3.63) is 12.8 Å². The standard InChI is InChI=1S/C2H5BO3.Na.H/c1-2-6-3(4)5;;/h2,4-5H,1H2;;. The fourth-order valence-corrected chi connectivity index (χ4v) is 0.0861. The summed E-state index contributed by atoms with van der Waals surface area (Å²) in [5.74, 6) is 0. The molecule has 0 rings (SSSR count). The van der Waals surface area contributed by atoms with Crippen molar-refractivity contribution in [2.24, 2.45) is 0 Å². The first-order valence-corrected chi connectivity index (χ1v) is 1.40. The minimum atomic E-state index is -1.72. The average Bonchev–Trinajstić information content (AvgIpc) is 1.35. The molecular formula is C2H6BNaO3. The fourth-order valence-electron chi connectivity index (χ4n) is 0.0861. The molecule has 0 aromatic heterocycles. The third kappa shape index (κ3) is 10.8. The molecule has 0 unspecified atom stereocenters. The molecule has 7 heavy (non-hydrogen) atoms. The summed E-state index contributed by atoms with van der Waals surface area (Å²) in [5, 5.41) is 15.6. The van der Waals surface area contributed by atoms with Crippen LogP contribution in [0.2, 0.25) is 0 Å². The van der Waals surface area contributed by atoms with Gasteiger partial charge < -0.3 is 14.7 Å². The summed E-state index contributed by atoms with van der Waals surface area (Å²) in [4.78, 5) is 0. The SMILES string of the molecule is C=COB(O)O.[NaH]. The summed E-state index contributed by atoms with van der Waals surface area (Å²) in [6.07, 6.45) is 0.949. The van der Waals surface area contributed by atoms with Crippen LogP contribution >= 0.6 is 0 Å². The van der Waals surface area contributed by atoms with Crippen molar-refractivity contribution in [2.75, 3.05) is 0 Å². The van der Waals surface area contributed by atoms with Crippen LogP contribution in [0.4, 0.5) is 0 Å². The van der Waals surface area contributed by atoms with Crippen LogP contribution in [0.3, 0.4) is 0 Å². The van der Waals surface area contributed by atoms with Crippen molar-refractivity contribution < 1.29 is 14.7 Å². The summed E-state index contributed by atoms with van der Waals surface area (Å²) in [6.45, 7) is 3.06. The molecule has 0 saturated carbocycles. The van der Waals surface area contributed by atoms with Gasteiger partial charge in [0.15, 0.2) is 0 Å². The van der Waals surface area contributed by atoms with Crippen LogP contribution in [0, 0.1) is 0 Å². The van der Waals surface area contributed by atoms with Crippen LogP contribution in [0.1, 0.15) is 0 Å². The average molecular weight is 112 g/mol. The summed E-state index contributed by atoms with van der Waals surface area (Å²) < 4.78 is 3.92. The molecule has 0 amide bonds. The molecule has 3 nitrogen and oxygen atoms in total. The number of hydrogen-bond acceptors (Lipinski definition) is 3. The van der Waals surface area contributed by atoms with Gasteiger partial charge in [0.2, 0.25) is 0 Å². The summed E-state index contributed by atoms with van der Waals surface area (Å²) >= 11 is 0. The van der Waals surface area contributed by atoms with Gasteiger partial charge >= 0.3 is 36.9 Å². The molecule has 0 saturated heterocycles. The third-order valence-electron chi connectivity index (χ3n) is 0.218. The third-order valence-corrected chi connectivity index (χ3v) is 0.218. The van der Waals surface area contributed by atoms with E-state index >= 15 is 0 Å². The molecule has 0 aliphatic rings. The predicted octanol–water partition coefficient (Wildman–Crippen LogP) is -1.53. The van der Waals surface area contributed by atoms with E-state index in [-0.39, 0.29) is 29.6 Å². The van der Waals surface area contributed by atoms with E-state index in [9.17, 15) is 0 Å². The Morgan fingerprint density at radius 3 is 2.00 bits per heavy atom. The van der Waals surface area contributed by atoms with Crippen LogP contribution in [0.15, 0.2) is 12.8 Å². The van der Waals surface area contributed by atoms with Crippen LogP contribution in [0.25, 0.3) is 0 Å². The molecule has 0 aromatic carbocycles. The second kappa shape index (κ2) is 6.52. The zero-order valence-electron chi connectivity index (χ0n) is 3.16. The predicted molar refractivity (Wildman–Crippen MR) is 28.6 cm³/mol. The summed E-state index contributed by atoms with van der Waals surface area (Å²) in [6, 6.07) is 0. The maximum atomic E-state index is 7.81. The van der Waals surface area contributed by atoms with E-state index in [0.717, 1.165) is 6.26 Å². The Kier molecular flexibility index (Phi) is 9.78. The van der Waals surface area contributed by atoms with Gasteiger partial charge in [0, 0.05) is 0 Å². The number of rotatable bonds is 2. The van der Waals surface area contributed by atoms with E-state index in [0.29, 0.717) is 0 Å². The maximum absolute atomic E-state index is 7.81. The quantitative estimate of drug-likeness (QED) is 0.336. The normalized spacial score (nSPS) is 6.00. The molecule has 0 heterocycles. The minimum absolute atomic E-state index is 0. The Balaban J connectivity index is 0. The second-order valence-corrected chi connectivity index (χ2v) is 0.629. The molecule has 0 radical (unpaired) electrons. The van der Waals surface area contributed by atoms with Crippen LogP contribution in [-0.4, -0.2) is 46.9 Å². The molecule has 0 fully saturated rings. The molecule has 0 aliphatic carbocycles.